The first-order valence-electron chi connectivity index (χ1n) is 8.07. The number of hydrogen-bond donors (Lipinski definition) is 2. The van der Waals surface area contributed by atoms with Gasteiger partial charge in [0.25, 0.3) is 11.8 Å². The molecule has 0 fully saturated rings. The molecule has 0 spiro atoms. The van der Waals surface area contributed by atoms with Gasteiger partial charge < -0.3 is 15.0 Å². The SMILES string of the molecule is CCOc1ccc(C(=O)NC(=S)Nc2ccc(C(=O)N(C)C)cc2)cc1. The number of carbonyl (C=O) groups is 2. The fourth-order valence-electron chi connectivity index (χ4n) is 2.16. The lowest BCUT2D eigenvalue weighted by Gasteiger charge is -2.12. The highest BCUT2D eigenvalue weighted by Gasteiger charge is 2.10. The van der Waals surface area contributed by atoms with Crippen LogP contribution in [0.4, 0.5) is 5.69 Å². The van der Waals surface area contributed by atoms with E-state index in [1.165, 1.54) is 4.90 Å². The zero-order valence-electron chi connectivity index (χ0n) is 14.9. The number of rotatable bonds is 5. The monoisotopic (exact) mass is 371 g/mol. The van der Waals surface area contributed by atoms with Crippen LogP contribution in [-0.4, -0.2) is 42.5 Å². The summed E-state index contributed by atoms with van der Waals surface area (Å²) in [5, 5.41) is 5.71. The quantitative estimate of drug-likeness (QED) is 0.791. The van der Waals surface area contributed by atoms with Crippen molar-refractivity contribution in [1.29, 1.82) is 0 Å². The van der Waals surface area contributed by atoms with Crippen LogP contribution in [0.3, 0.4) is 0 Å². The van der Waals surface area contributed by atoms with Crippen LogP contribution >= 0.6 is 12.2 Å². The average molecular weight is 371 g/mol. The summed E-state index contributed by atoms with van der Waals surface area (Å²) in [7, 11) is 3.39. The molecule has 0 heterocycles. The maximum absolute atomic E-state index is 12.2. The van der Waals surface area contributed by atoms with Gasteiger partial charge in [-0.25, -0.2) is 0 Å². The molecule has 26 heavy (non-hydrogen) atoms. The van der Waals surface area contributed by atoms with Crippen LogP contribution < -0.4 is 15.4 Å². The van der Waals surface area contributed by atoms with E-state index in [1.54, 1.807) is 62.6 Å². The van der Waals surface area contributed by atoms with Crippen LogP contribution in [0.5, 0.6) is 5.75 Å². The molecule has 0 saturated carbocycles. The summed E-state index contributed by atoms with van der Waals surface area (Å²) >= 11 is 5.16. The van der Waals surface area contributed by atoms with Gasteiger partial charge in [0.15, 0.2) is 5.11 Å². The smallest absolute Gasteiger partial charge is 0.257 e. The molecular formula is C19H21N3O3S. The first kappa shape index (κ1) is 19.4. The lowest BCUT2D eigenvalue weighted by atomic mass is 10.2. The van der Waals surface area contributed by atoms with E-state index in [1.807, 2.05) is 6.92 Å². The van der Waals surface area contributed by atoms with Crippen LogP contribution in [0.2, 0.25) is 0 Å². The van der Waals surface area contributed by atoms with Crippen LogP contribution in [0.15, 0.2) is 48.5 Å². The van der Waals surface area contributed by atoms with E-state index >= 15 is 0 Å². The summed E-state index contributed by atoms with van der Waals surface area (Å²) in [6.07, 6.45) is 0. The van der Waals surface area contributed by atoms with Gasteiger partial charge in [-0.3, -0.25) is 14.9 Å². The second-order valence-electron chi connectivity index (χ2n) is 5.64. The normalized spacial score (nSPS) is 9.96. The molecule has 0 saturated heterocycles. The fraction of sp³-hybridized carbons (Fsp3) is 0.211. The number of anilines is 1. The van der Waals surface area contributed by atoms with Crippen molar-refractivity contribution < 1.29 is 14.3 Å². The number of carbonyl (C=O) groups excluding carboxylic acids is 2. The Morgan fingerprint density at radius 3 is 2.12 bits per heavy atom. The molecule has 2 aromatic rings. The maximum Gasteiger partial charge on any atom is 0.257 e. The molecular weight excluding hydrogens is 350 g/mol. The Balaban J connectivity index is 1.93. The first-order valence-corrected chi connectivity index (χ1v) is 8.48. The molecule has 0 aliphatic heterocycles. The molecule has 2 rings (SSSR count). The molecule has 2 aromatic carbocycles. The highest BCUT2D eigenvalue weighted by molar-refractivity contribution is 7.80. The van der Waals surface area contributed by atoms with Crippen molar-refractivity contribution in [3.63, 3.8) is 0 Å². The number of thiocarbonyl (C=S) groups is 1. The third kappa shape index (κ3) is 5.29. The number of nitrogens with one attached hydrogen (secondary N) is 2. The highest BCUT2D eigenvalue weighted by atomic mass is 32.1. The minimum Gasteiger partial charge on any atom is -0.494 e. The van der Waals surface area contributed by atoms with Crippen molar-refractivity contribution in [2.45, 2.75) is 6.92 Å². The average Bonchev–Trinajstić information content (AvgIpc) is 2.62. The Labute approximate surface area is 158 Å². The summed E-state index contributed by atoms with van der Waals surface area (Å²) in [5.74, 6) is 0.310. The Bertz CT molecular complexity index is 787. The van der Waals surface area contributed by atoms with Gasteiger partial charge in [0.1, 0.15) is 5.75 Å². The van der Waals surface area contributed by atoms with Crippen molar-refractivity contribution in [1.82, 2.24) is 10.2 Å². The second-order valence-corrected chi connectivity index (χ2v) is 6.05. The zero-order chi connectivity index (χ0) is 19.1. The van der Waals surface area contributed by atoms with Crippen molar-refractivity contribution in [2.75, 3.05) is 26.0 Å². The Morgan fingerprint density at radius 1 is 1.00 bits per heavy atom. The number of ether oxygens (including phenoxy) is 1. The van der Waals surface area contributed by atoms with Crippen molar-refractivity contribution in [3.05, 3.63) is 59.7 Å². The molecule has 0 radical (unpaired) electrons. The van der Waals surface area contributed by atoms with Gasteiger partial charge >= 0.3 is 0 Å². The van der Waals surface area contributed by atoms with Gasteiger partial charge in [-0.05, 0) is 67.7 Å². The third-order valence-electron chi connectivity index (χ3n) is 3.45. The largest absolute Gasteiger partial charge is 0.494 e. The topological polar surface area (TPSA) is 70.7 Å². The summed E-state index contributed by atoms with van der Waals surface area (Å²) in [4.78, 5) is 25.6. The third-order valence-corrected chi connectivity index (χ3v) is 3.65. The van der Waals surface area contributed by atoms with E-state index < -0.39 is 0 Å². The fourth-order valence-corrected chi connectivity index (χ4v) is 2.37. The Hall–Kier alpha value is -2.93. The van der Waals surface area contributed by atoms with Crippen molar-refractivity contribution in [3.8, 4) is 5.75 Å². The van der Waals surface area contributed by atoms with E-state index in [2.05, 4.69) is 10.6 Å². The highest BCUT2D eigenvalue weighted by Crippen LogP contribution is 2.13. The van der Waals surface area contributed by atoms with Gasteiger partial charge in [0.2, 0.25) is 0 Å². The van der Waals surface area contributed by atoms with Gasteiger partial charge in [0.05, 0.1) is 6.61 Å². The van der Waals surface area contributed by atoms with E-state index in [-0.39, 0.29) is 16.9 Å². The maximum atomic E-state index is 12.2. The van der Waals surface area contributed by atoms with Gasteiger partial charge in [0, 0.05) is 30.9 Å². The summed E-state index contributed by atoms with van der Waals surface area (Å²) in [5.41, 5.74) is 1.73. The molecule has 0 aliphatic rings. The predicted molar refractivity (Wildman–Crippen MR) is 106 cm³/mol. The van der Waals surface area contributed by atoms with E-state index in [0.717, 1.165) is 0 Å². The standard InChI is InChI=1S/C19H21N3O3S/c1-4-25-16-11-7-13(8-12-16)17(23)21-19(26)20-15-9-5-14(6-10-15)18(24)22(2)3/h5-12H,4H2,1-3H3,(H2,20,21,23,26). The lowest BCUT2D eigenvalue weighted by Crippen LogP contribution is -2.34. The first-order chi connectivity index (χ1) is 12.4. The second kappa shape index (κ2) is 8.96. The zero-order valence-corrected chi connectivity index (χ0v) is 15.7. The molecule has 0 aromatic heterocycles. The van der Waals surface area contributed by atoms with Crippen molar-refractivity contribution >= 4 is 34.8 Å². The summed E-state index contributed by atoms with van der Waals surface area (Å²) in [6.45, 7) is 2.46. The summed E-state index contributed by atoms with van der Waals surface area (Å²) < 4.78 is 5.34. The minimum atomic E-state index is -0.315. The number of hydrogen-bond acceptors (Lipinski definition) is 4. The summed E-state index contributed by atoms with van der Waals surface area (Å²) in [6, 6.07) is 13.7. The molecule has 0 unspecified atom stereocenters. The Morgan fingerprint density at radius 2 is 1.58 bits per heavy atom. The van der Waals surface area contributed by atoms with E-state index in [9.17, 15) is 9.59 Å². The molecule has 0 atom stereocenters. The Kier molecular flexibility index (Phi) is 6.68. The van der Waals surface area contributed by atoms with Gasteiger partial charge in [-0.2, -0.15) is 0 Å². The molecule has 0 bridgehead atoms. The van der Waals surface area contributed by atoms with E-state index in [4.69, 9.17) is 17.0 Å². The molecule has 6 nitrogen and oxygen atoms in total. The number of amides is 2. The molecule has 0 aliphatic carbocycles. The van der Waals surface area contributed by atoms with Gasteiger partial charge in [-0.15, -0.1) is 0 Å². The van der Waals surface area contributed by atoms with Crippen LogP contribution in [0.1, 0.15) is 27.6 Å². The van der Waals surface area contributed by atoms with Crippen LogP contribution in [0, 0.1) is 0 Å². The molecule has 2 N–H and O–H groups in total. The predicted octanol–water partition coefficient (Wildman–Crippen LogP) is 2.91. The van der Waals surface area contributed by atoms with E-state index in [0.29, 0.717) is 29.2 Å². The van der Waals surface area contributed by atoms with Crippen LogP contribution in [0.25, 0.3) is 0 Å². The number of benzene rings is 2. The van der Waals surface area contributed by atoms with Gasteiger partial charge in [-0.1, -0.05) is 0 Å². The lowest BCUT2D eigenvalue weighted by molar-refractivity contribution is 0.0827. The molecule has 136 valence electrons. The minimum absolute atomic E-state index is 0.0806. The van der Waals surface area contributed by atoms with Crippen molar-refractivity contribution in [2.24, 2.45) is 0 Å². The molecule has 2 amide bonds. The number of nitrogens with zero attached hydrogens (tertiary/aromatic N) is 1. The molecule has 7 heteroatoms. The van der Waals surface area contributed by atoms with Crippen LogP contribution in [-0.2, 0) is 0 Å².